The van der Waals surface area contributed by atoms with Crippen LogP contribution in [-0.2, 0) is 4.79 Å². The van der Waals surface area contributed by atoms with E-state index in [0.29, 0.717) is 37.0 Å². The molecule has 1 saturated carbocycles. The van der Waals surface area contributed by atoms with Crippen molar-refractivity contribution in [3.8, 4) is 5.69 Å². The van der Waals surface area contributed by atoms with E-state index in [0.717, 1.165) is 44.7 Å². The molecule has 9 heteroatoms. The lowest BCUT2D eigenvalue weighted by molar-refractivity contribution is -0.135. The Hall–Kier alpha value is -3.56. The summed E-state index contributed by atoms with van der Waals surface area (Å²) in [6, 6.07) is 15.9. The minimum atomic E-state index is -0.547. The van der Waals surface area contributed by atoms with E-state index >= 15 is 0 Å². The van der Waals surface area contributed by atoms with Crippen molar-refractivity contribution in [2.24, 2.45) is 0 Å². The van der Waals surface area contributed by atoms with E-state index in [1.54, 1.807) is 29.2 Å². The summed E-state index contributed by atoms with van der Waals surface area (Å²) >= 11 is 0. The van der Waals surface area contributed by atoms with E-state index in [2.05, 4.69) is 64.0 Å². The number of likely N-dealkylation sites (N-methyl/N-ethyl adjacent to an activating group) is 1. The fourth-order valence-corrected chi connectivity index (χ4v) is 5.31. The minimum Gasteiger partial charge on any atom is -0.340 e. The molecule has 1 saturated heterocycles. The molecule has 1 aromatic heterocycles. The Balaban J connectivity index is 1.17. The average Bonchev–Trinajstić information content (AvgIpc) is 3.53. The summed E-state index contributed by atoms with van der Waals surface area (Å²) in [5.41, 5.74) is 4.01. The van der Waals surface area contributed by atoms with Gasteiger partial charge >= 0.3 is 0 Å². The van der Waals surface area contributed by atoms with Gasteiger partial charge in [0.1, 0.15) is 6.04 Å². The minimum absolute atomic E-state index is 0.0160. The zero-order chi connectivity index (χ0) is 27.2. The molecule has 2 N–H and O–H groups in total. The van der Waals surface area contributed by atoms with Crippen LogP contribution in [0.2, 0.25) is 0 Å². The number of nitrogens with zero attached hydrogens (tertiary/aromatic N) is 5. The third-order valence-electron chi connectivity index (χ3n) is 7.92. The summed E-state index contributed by atoms with van der Waals surface area (Å²) in [6.45, 7) is 9.21. The van der Waals surface area contributed by atoms with Crippen LogP contribution in [0.4, 0.5) is 0 Å². The van der Waals surface area contributed by atoms with Crippen LogP contribution >= 0.6 is 0 Å². The summed E-state index contributed by atoms with van der Waals surface area (Å²) < 4.78 is 1.64. The van der Waals surface area contributed by atoms with Crippen LogP contribution in [0.1, 0.15) is 53.6 Å². The Morgan fingerprint density at radius 3 is 2.44 bits per heavy atom. The van der Waals surface area contributed by atoms with Crippen LogP contribution in [0, 0.1) is 6.92 Å². The second-order valence-corrected chi connectivity index (χ2v) is 10.6. The standard InChI is InChI=1S/C30H39N7O2/c1-3-35-17-19-36(20-18-35)30(39)27(5-4-14-31-28-21-26(28)23-8-6-22(2)7-9-23)33-29(38)24-10-12-25(13-11-24)37-16-15-32-34-37/h6-13,15-16,26-28,31H,3-5,14,17-21H2,1-2H3,(H,33,38)/t26-,27-,28+/m0/s1. The number of aromatic nitrogens is 3. The SMILES string of the molecule is CCN1CCN(C(=O)[C@H](CCCN[C@@H]2C[C@H]2c2ccc(C)cc2)NC(=O)c2ccc(-n3ccnn3)cc2)CC1. The highest BCUT2D eigenvalue weighted by molar-refractivity contribution is 5.97. The second kappa shape index (κ2) is 12.5. The lowest BCUT2D eigenvalue weighted by atomic mass is 10.1. The predicted octanol–water partition coefficient (Wildman–Crippen LogP) is 2.76. The predicted molar refractivity (Wildman–Crippen MR) is 151 cm³/mol. The van der Waals surface area contributed by atoms with Crippen molar-refractivity contribution in [2.45, 2.75) is 51.1 Å². The van der Waals surface area contributed by atoms with Gasteiger partial charge in [0.15, 0.2) is 0 Å². The number of benzene rings is 2. The van der Waals surface area contributed by atoms with Crippen molar-refractivity contribution in [3.05, 3.63) is 77.6 Å². The molecule has 3 atom stereocenters. The van der Waals surface area contributed by atoms with Gasteiger partial charge in [0.05, 0.1) is 18.1 Å². The van der Waals surface area contributed by atoms with E-state index in [4.69, 9.17) is 0 Å². The zero-order valence-electron chi connectivity index (χ0n) is 22.9. The van der Waals surface area contributed by atoms with Crippen molar-refractivity contribution in [3.63, 3.8) is 0 Å². The molecule has 2 heterocycles. The molecule has 0 unspecified atom stereocenters. The van der Waals surface area contributed by atoms with Gasteiger partial charge in [0.25, 0.3) is 5.91 Å². The van der Waals surface area contributed by atoms with Gasteiger partial charge in [-0.15, -0.1) is 5.10 Å². The van der Waals surface area contributed by atoms with Crippen molar-refractivity contribution >= 4 is 11.8 Å². The van der Waals surface area contributed by atoms with Crippen molar-refractivity contribution < 1.29 is 9.59 Å². The third kappa shape index (κ3) is 6.91. The summed E-state index contributed by atoms with van der Waals surface area (Å²) in [4.78, 5) is 31.0. The smallest absolute Gasteiger partial charge is 0.251 e. The number of amides is 2. The Bertz CT molecular complexity index is 1220. The Morgan fingerprint density at radius 2 is 1.77 bits per heavy atom. The van der Waals surface area contributed by atoms with Gasteiger partial charge in [-0.3, -0.25) is 9.59 Å². The topological polar surface area (TPSA) is 95.4 Å². The molecule has 0 bridgehead atoms. The lowest BCUT2D eigenvalue weighted by Gasteiger charge is -2.36. The van der Waals surface area contributed by atoms with E-state index in [1.165, 1.54) is 11.1 Å². The molecule has 2 amide bonds. The third-order valence-corrected chi connectivity index (χ3v) is 7.92. The summed E-state index contributed by atoms with van der Waals surface area (Å²) in [7, 11) is 0. The number of carbonyl (C=O) groups is 2. The van der Waals surface area contributed by atoms with Crippen LogP contribution in [0.3, 0.4) is 0 Å². The van der Waals surface area contributed by atoms with Gasteiger partial charge in [-0.2, -0.15) is 0 Å². The first kappa shape index (κ1) is 27.0. The Kier molecular flexibility index (Phi) is 8.68. The van der Waals surface area contributed by atoms with Gasteiger partial charge in [-0.05, 0) is 69.1 Å². The Morgan fingerprint density at radius 1 is 1.03 bits per heavy atom. The molecule has 2 fully saturated rings. The number of hydrogen-bond donors (Lipinski definition) is 2. The number of carbonyl (C=O) groups excluding carboxylic acids is 2. The second-order valence-electron chi connectivity index (χ2n) is 10.6. The largest absolute Gasteiger partial charge is 0.340 e. The van der Waals surface area contributed by atoms with Gasteiger partial charge in [-0.1, -0.05) is 42.0 Å². The van der Waals surface area contributed by atoms with Gasteiger partial charge in [0, 0.05) is 43.7 Å². The molecule has 2 aromatic carbocycles. The molecular formula is C30H39N7O2. The highest BCUT2D eigenvalue weighted by Gasteiger charge is 2.37. The molecule has 1 aliphatic heterocycles. The number of hydrogen-bond acceptors (Lipinski definition) is 6. The van der Waals surface area contributed by atoms with Crippen LogP contribution in [0.25, 0.3) is 5.69 Å². The van der Waals surface area contributed by atoms with Gasteiger partial charge in [-0.25, -0.2) is 4.68 Å². The highest BCUT2D eigenvalue weighted by atomic mass is 16.2. The maximum atomic E-state index is 13.5. The first-order chi connectivity index (χ1) is 19.0. The fourth-order valence-electron chi connectivity index (χ4n) is 5.31. The van der Waals surface area contributed by atoms with E-state index in [9.17, 15) is 9.59 Å². The molecule has 9 nitrogen and oxygen atoms in total. The van der Waals surface area contributed by atoms with Crippen LogP contribution in [0.5, 0.6) is 0 Å². The Labute approximate surface area is 230 Å². The van der Waals surface area contributed by atoms with Crippen LogP contribution in [-0.4, -0.2) is 88.0 Å². The molecule has 1 aliphatic carbocycles. The van der Waals surface area contributed by atoms with Crippen molar-refractivity contribution in [1.29, 1.82) is 0 Å². The maximum absolute atomic E-state index is 13.5. The normalized spacial score (nSPS) is 20.0. The number of piperazine rings is 1. The first-order valence-corrected chi connectivity index (χ1v) is 14.1. The quantitative estimate of drug-likeness (QED) is 0.371. The van der Waals surface area contributed by atoms with E-state index < -0.39 is 6.04 Å². The fraction of sp³-hybridized carbons (Fsp3) is 0.467. The number of nitrogens with one attached hydrogen (secondary N) is 2. The summed E-state index contributed by atoms with van der Waals surface area (Å²) in [6.07, 6.45) is 5.92. The first-order valence-electron chi connectivity index (χ1n) is 14.1. The number of rotatable bonds is 11. The summed E-state index contributed by atoms with van der Waals surface area (Å²) in [5, 5.41) is 14.5. The molecule has 39 heavy (non-hydrogen) atoms. The average molecular weight is 530 g/mol. The molecular weight excluding hydrogens is 490 g/mol. The number of aryl methyl sites for hydroxylation is 1. The van der Waals surface area contributed by atoms with Crippen molar-refractivity contribution in [1.82, 2.24) is 35.4 Å². The van der Waals surface area contributed by atoms with Gasteiger partial charge < -0.3 is 20.4 Å². The van der Waals surface area contributed by atoms with Crippen LogP contribution < -0.4 is 10.6 Å². The monoisotopic (exact) mass is 529 g/mol. The van der Waals surface area contributed by atoms with E-state index in [1.807, 2.05) is 17.0 Å². The van der Waals surface area contributed by atoms with Gasteiger partial charge in [0.2, 0.25) is 5.91 Å². The maximum Gasteiger partial charge on any atom is 0.251 e. The molecule has 2 aliphatic rings. The van der Waals surface area contributed by atoms with Crippen molar-refractivity contribution in [2.75, 3.05) is 39.3 Å². The molecule has 206 valence electrons. The summed E-state index contributed by atoms with van der Waals surface area (Å²) in [5.74, 6) is 0.348. The molecule has 0 spiro atoms. The lowest BCUT2D eigenvalue weighted by Crippen LogP contribution is -2.55. The molecule has 0 radical (unpaired) electrons. The highest BCUT2D eigenvalue weighted by Crippen LogP contribution is 2.40. The molecule has 5 rings (SSSR count). The van der Waals surface area contributed by atoms with Crippen LogP contribution in [0.15, 0.2) is 60.9 Å². The van der Waals surface area contributed by atoms with E-state index in [-0.39, 0.29) is 11.8 Å². The molecule has 3 aromatic rings. The zero-order valence-corrected chi connectivity index (χ0v) is 22.9.